The standard InChI is InChI=1S/C44H26N4O/c1-3-11-27(12-4-1)42-46-43(28-13-5-2-6-14-28)48-44(47-42)31-20-22-40-37(25-31)36-24-29(19-21-39(36)49-40)35-26-32-23-30-15-7-10-18-38(30)45-41(32)34-17-9-8-16-33(34)35/h1-26H. The van der Waals surface area contributed by atoms with E-state index in [1.807, 2.05) is 78.9 Å². The van der Waals surface area contributed by atoms with Gasteiger partial charge in [-0.15, -0.1) is 0 Å². The van der Waals surface area contributed by atoms with Crippen LogP contribution in [0.5, 0.6) is 0 Å². The van der Waals surface area contributed by atoms with Gasteiger partial charge in [-0.2, -0.15) is 0 Å². The van der Waals surface area contributed by atoms with Crippen LogP contribution in [0.25, 0.3) is 99.8 Å². The predicted octanol–water partition coefficient (Wildman–Crippen LogP) is 11.3. The number of rotatable bonds is 4. The van der Waals surface area contributed by atoms with Crippen LogP contribution >= 0.6 is 0 Å². The first-order valence-corrected chi connectivity index (χ1v) is 16.3. The molecule has 0 atom stereocenters. The van der Waals surface area contributed by atoms with E-state index >= 15 is 0 Å². The molecule has 228 valence electrons. The molecule has 10 aromatic rings. The molecular formula is C44H26N4O. The van der Waals surface area contributed by atoms with Crippen LogP contribution in [0.2, 0.25) is 0 Å². The van der Waals surface area contributed by atoms with Crippen molar-refractivity contribution in [3.63, 3.8) is 0 Å². The third-order valence-corrected chi connectivity index (χ3v) is 9.26. The lowest BCUT2D eigenvalue weighted by atomic mass is 9.94. The van der Waals surface area contributed by atoms with Crippen molar-refractivity contribution >= 4 is 54.5 Å². The fourth-order valence-corrected chi connectivity index (χ4v) is 6.88. The third-order valence-electron chi connectivity index (χ3n) is 9.26. The van der Waals surface area contributed by atoms with E-state index in [0.29, 0.717) is 17.5 Å². The maximum Gasteiger partial charge on any atom is 0.164 e. The van der Waals surface area contributed by atoms with Gasteiger partial charge in [-0.1, -0.05) is 109 Å². The summed E-state index contributed by atoms with van der Waals surface area (Å²) in [5, 5.41) is 6.59. The molecule has 5 nitrogen and oxygen atoms in total. The van der Waals surface area contributed by atoms with E-state index in [0.717, 1.165) is 82.3 Å². The SMILES string of the molecule is c1ccc(-c2nc(-c3ccccc3)nc(-c3ccc4oc5ccc(-c6cc7cc8ccccc8nc7c7ccccc67)cc5c4c3)n2)cc1. The summed E-state index contributed by atoms with van der Waals surface area (Å²) in [5.41, 5.74) is 8.71. The quantitative estimate of drug-likeness (QED) is 0.144. The highest BCUT2D eigenvalue weighted by Crippen LogP contribution is 2.39. The lowest BCUT2D eigenvalue weighted by Crippen LogP contribution is -2.00. The molecule has 0 amide bonds. The smallest absolute Gasteiger partial charge is 0.164 e. The van der Waals surface area contributed by atoms with Crippen LogP contribution in [-0.4, -0.2) is 19.9 Å². The first kappa shape index (κ1) is 27.4. The van der Waals surface area contributed by atoms with Crippen LogP contribution in [0.15, 0.2) is 162 Å². The second-order valence-electron chi connectivity index (χ2n) is 12.3. The van der Waals surface area contributed by atoms with E-state index < -0.39 is 0 Å². The van der Waals surface area contributed by atoms with Crippen LogP contribution in [0.4, 0.5) is 0 Å². The molecule has 0 aliphatic carbocycles. The number of fused-ring (bicyclic) bond motifs is 7. The fraction of sp³-hybridized carbons (Fsp3) is 0. The van der Waals surface area contributed by atoms with Crippen LogP contribution in [0.3, 0.4) is 0 Å². The number of nitrogens with zero attached hydrogens (tertiary/aromatic N) is 4. The van der Waals surface area contributed by atoms with E-state index in [-0.39, 0.29) is 0 Å². The second-order valence-corrected chi connectivity index (χ2v) is 12.3. The molecular weight excluding hydrogens is 601 g/mol. The van der Waals surface area contributed by atoms with Gasteiger partial charge >= 0.3 is 0 Å². The molecule has 0 saturated carbocycles. The molecule has 7 aromatic carbocycles. The average molecular weight is 627 g/mol. The minimum atomic E-state index is 0.611. The molecule has 0 radical (unpaired) electrons. The molecule has 10 rings (SSSR count). The van der Waals surface area contributed by atoms with E-state index in [1.165, 1.54) is 0 Å². The highest BCUT2D eigenvalue weighted by atomic mass is 16.3. The number of furan rings is 1. The summed E-state index contributed by atoms with van der Waals surface area (Å²) in [6.07, 6.45) is 0. The zero-order valence-corrected chi connectivity index (χ0v) is 26.2. The van der Waals surface area contributed by atoms with Gasteiger partial charge in [0.25, 0.3) is 0 Å². The lowest BCUT2D eigenvalue weighted by molar-refractivity contribution is 0.669. The highest BCUT2D eigenvalue weighted by molar-refractivity contribution is 6.15. The number of hydrogen-bond acceptors (Lipinski definition) is 5. The van der Waals surface area contributed by atoms with Crippen LogP contribution in [-0.2, 0) is 0 Å². The van der Waals surface area contributed by atoms with E-state index in [4.69, 9.17) is 24.4 Å². The number of pyridine rings is 1. The fourth-order valence-electron chi connectivity index (χ4n) is 6.88. The number of benzene rings is 7. The summed E-state index contributed by atoms with van der Waals surface area (Å²) in [5.74, 6) is 1.88. The number of para-hydroxylation sites is 1. The summed E-state index contributed by atoms with van der Waals surface area (Å²) >= 11 is 0. The van der Waals surface area contributed by atoms with Crippen molar-refractivity contribution in [2.75, 3.05) is 0 Å². The Bertz CT molecular complexity index is 2820. The predicted molar refractivity (Wildman–Crippen MR) is 199 cm³/mol. The molecule has 0 unspecified atom stereocenters. The molecule has 0 saturated heterocycles. The van der Waals surface area contributed by atoms with Gasteiger partial charge < -0.3 is 4.42 Å². The van der Waals surface area contributed by atoms with Crippen LogP contribution in [0.1, 0.15) is 0 Å². The van der Waals surface area contributed by atoms with Crippen LogP contribution < -0.4 is 0 Å². The van der Waals surface area contributed by atoms with Gasteiger partial charge in [-0.25, -0.2) is 19.9 Å². The Morgan fingerprint density at radius 1 is 0.347 bits per heavy atom. The summed E-state index contributed by atoms with van der Waals surface area (Å²) in [6.45, 7) is 0. The van der Waals surface area contributed by atoms with Crippen molar-refractivity contribution in [3.8, 4) is 45.3 Å². The number of aromatic nitrogens is 4. The summed E-state index contributed by atoms with van der Waals surface area (Å²) < 4.78 is 6.36. The summed E-state index contributed by atoms with van der Waals surface area (Å²) in [4.78, 5) is 19.9. The molecule has 3 heterocycles. The van der Waals surface area contributed by atoms with Crippen molar-refractivity contribution in [2.45, 2.75) is 0 Å². The molecule has 0 N–H and O–H groups in total. The van der Waals surface area contributed by atoms with Gasteiger partial charge in [0, 0.05) is 43.6 Å². The van der Waals surface area contributed by atoms with Crippen molar-refractivity contribution in [2.24, 2.45) is 0 Å². The first-order valence-electron chi connectivity index (χ1n) is 16.3. The first-order chi connectivity index (χ1) is 24.2. The molecule has 5 heteroatoms. The normalized spacial score (nSPS) is 11.7. The van der Waals surface area contributed by atoms with Crippen LogP contribution in [0, 0.1) is 0 Å². The maximum atomic E-state index is 6.36. The average Bonchev–Trinajstić information content (AvgIpc) is 3.54. The Hall–Kier alpha value is -6.72. The Kier molecular flexibility index (Phi) is 6.11. The van der Waals surface area contributed by atoms with Gasteiger partial charge in [0.1, 0.15) is 11.2 Å². The molecule has 0 bridgehead atoms. The molecule has 3 aromatic heterocycles. The molecule has 0 aliphatic heterocycles. The maximum absolute atomic E-state index is 6.36. The topological polar surface area (TPSA) is 64.7 Å². The van der Waals surface area contributed by atoms with Gasteiger partial charge in [0.15, 0.2) is 17.5 Å². The van der Waals surface area contributed by atoms with Crippen molar-refractivity contribution in [1.82, 2.24) is 19.9 Å². The Labute approximate surface area is 281 Å². The molecule has 49 heavy (non-hydrogen) atoms. The monoisotopic (exact) mass is 626 g/mol. The Morgan fingerprint density at radius 3 is 1.59 bits per heavy atom. The summed E-state index contributed by atoms with van der Waals surface area (Å²) in [7, 11) is 0. The summed E-state index contributed by atoms with van der Waals surface area (Å²) in [6, 6.07) is 54.1. The van der Waals surface area contributed by atoms with Gasteiger partial charge in [0.2, 0.25) is 0 Å². The van der Waals surface area contributed by atoms with Crippen molar-refractivity contribution < 1.29 is 4.42 Å². The minimum absolute atomic E-state index is 0.611. The molecule has 0 fully saturated rings. The highest BCUT2D eigenvalue weighted by Gasteiger charge is 2.16. The molecule has 0 spiro atoms. The Balaban J connectivity index is 1.16. The van der Waals surface area contributed by atoms with Crippen molar-refractivity contribution in [1.29, 1.82) is 0 Å². The van der Waals surface area contributed by atoms with Gasteiger partial charge in [-0.05, 0) is 65.0 Å². The second kappa shape index (κ2) is 10.9. The van der Waals surface area contributed by atoms with Crippen molar-refractivity contribution in [3.05, 3.63) is 158 Å². The van der Waals surface area contributed by atoms with Gasteiger partial charge in [-0.3, -0.25) is 0 Å². The van der Waals surface area contributed by atoms with Gasteiger partial charge in [0.05, 0.1) is 11.0 Å². The van der Waals surface area contributed by atoms with E-state index in [1.54, 1.807) is 0 Å². The zero-order valence-electron chi connectivity index (χ0n) is 26.2. The zero-order chi connectivity index (χ0) is 32.3. The largest absolute Gasteiger partial charge is 0.456 e. The number of hydrogen-bond donors (Lipinski definition) is 0. The minimum Gasteiger partial charge on any atom is -0.456 e. The van der Waals surface area contributed by atoms with E-state index in [9.17, 15) is 0 Å². The molecule has 0 aliphatic rings. The third kappa shape index (κ3) is 4.63. The Morgan fingerprint density at radius 2 is 0.898 bits per heavy atom. The lowest BCUT2D eigenvalue weighted by Gasteiger charge is -2.12. The van der Waals surface area contributed by atoms with E-state index in [2.05, 4.69) is 78.9 Å².